The molecule has 1 aliphatic rings. The molecular weight excluding hydrogens is 271 g/mol. The van der Waals surface area contributed by atoms with E-state index in [1.165, 1.54) is 12.1 Å². The summed E-state index contributed by atoms with van der Waals surface area (Å²) in [5, 5.41) is 18.1. The fourth-order valence-corrected chi connectivity index (χ4v) is 2.81. The maximum atomic E-state index is 12.9. The lowest BCUT2D eigenvalue weighted by atomic mass is 10.0. The minimum Gasteiger partial charge on any atom is -0.387 e. The first-order valence-corrected chi connectivity index (χ1v) is 7.24. The third kappa shape index (κ3) is 3.46. The van der Waals surface area contributed by atoms with Crippen molar-refractivity contribution in [1.82, 2.24) is 19.9 Å². The number of rotatable bonds is 4. The zero-order valence-corrected chi connectivity index (χ0v) is 11.8. The van der Waals surface area contributed by atoms with Gasteiger partial charge in [0.25, 0.3) is 0 Å². The van der Waals surface area contributed by atoms with Crippen LogP contribution in [-0.4, -0.2) is 44.6 Å². The van der Waals surface area contributed by atoms with Crippen LogP contribution in [0.1, 0.15) is 30.6 Å². The van der Waals surface area contributed by atoms with E-state index in [9.17, 15) is 9.50 Å². The Labute approximate surface area is 123 Å². The highest BCUT2D eigenvalue weighted by molar-refractivity contribution is 5.18. The van der Waals surface area contributed by atoms with Crippen molar-refractivity contribution in [2.24, 2.45) is 0 Å². The van der Waals surface area contributed by atoms with Crippen molar-refractivity contribution < 1.29 is 9.50 Å². The van der Waals surface area contributed by atoms with Crippen molar-refractivity contribution in [2.45, 2.75) is 25.0 Å². The monoisotopic (exact) mass is 290 g/mol. The molecule has 2 aromatic rings. The summed E-state index contributed by atoms with van der Waals surface area (Å²) in [6, 6.07) is 6.45. The number of β-amino-alcohol motifs (C(OH)–C–C–N with tert-alkyl or cyclic N) is 1. The molecule has 3 rings (SSSR count). The molecule has 1 aromatic carbocycles. The highest BCUT2D eigenvalue weighted by Gasteiger charge is 2.22. The Hall–Kier alpha value is -1.79. The minimum absolute atomic E-state index is 0.278. The molecular formula is C15H19FN4O. The van der Waals surface area contributed by atoms with Crippen LogP contribution >= 0.6 is 0 Å². The van der Waals surface area contributed by atoms with Gasteiger partial charge in [-0.3, -0.25) is 0 Å². The fourth-order valence-electron chi connectivity index (χ4n) is 2.81. The second-order valence-corrected chi connectivity index (χ2v) is 5.48. The first kappa shape index (κ1) is 14.2. The zero-order chi connectivity index (χ0) is 14.7. The van der Waals surface area contributed by atoms with E-state index in [1.54, 1.807) is 18.3 Å². The average Bonchev–Trinajstić information content (AvgIpc) is 3.03. The van der Waals surface area contributed by atoms with E-state index >= 15 is 0 Å². The molecule has 1 N–H and O–H groups in total. The summed E-state index contributed by atoms with van der Waals surface area (Å²) in [4.78, 5) is 2.24. The van der Waals surface area contributed by atoms with Crippen LogP contribution < -0.4 is 0 Å². The second-order valence-electron chi connectivity index (χ2n) is 5.48. The number of aromatic nitrogens is 3. The molecule has 0 spiro atoms. The van der Waals surface area contributed by atoms with Crippen LogP contribution in [0.5, 0.6) is 0 Å². The molecule has 0 unspecified atom stereocenters. The van der Waals surface area contributed by atoms with Gasteiger partial charge in [-0.2, -0.15) is 0 Å². The molecule has 1 saturated heterocycles. The predicted molar refractivity (Wildman–Crippen MR) is 76.1 cm³/mol. The zero-order valence-electron chi connectivity index (χ0n) is 11.8. The fraction of sp³-hybridized carbons (Fsp3) is 0.467. The number of aliphatic hydroxyl groups is 1. The van der Waals surface area contributed by atoms with Gasteiger partial charge in [0, 0.05) is 25.8 Å². The number of halogens is 1. The molecule has 0 aliphatic carbocycles. The lowest BCUT2D eigenvalue weighted by Crippen LogP contribution is -2.37. The number of hydrogen-bond donors (Lipinski definition) is 1. The highest BCUT2D eigenvalue weighted by atomic mass is 19.1. The lowest BCUT2D eigenvalue weighted by molar-refractivity contribution is 0.0887. The number of aliphatic hydroxyl groups excluding tert-OH is 1. The van der Waals surface area contributed by atoms with Gasteiger partial charge in [-0.1, -0.05) is 17.3 Å². The third-order valence-electron chi connectivity index (χ3n) is 4.06. The summed E-state index contributed by atoms with van der Waals surface area (Å²) >= 11 is 0. The normalized spacial score (nSPS) is 18.8. The molecule has 0 amide bonds. The van der Waals surface area contributed by atoms with E-state index in [2.05, 4.69) is 15.2 Å². The first-order chi connectivity index (χ1) is 10.2. The maximum absolute atomic E-state index is 12.9. The quantitative estimate of drug-likeness (QED) is 0.932. The van der Waals surface area contributed by atoms with Gasteiger partial charge in [-0.25, -0.2) is 9.07 Å². The summed E-state index contributed by atoms with van der Waals surface area (Å²) < 4.78 is 14.8. The molecule has 112 valence electrons. The molecule has 2 heterocycles. The van der Waals surface area contributed by atoms with Gasteiger partial charge in [-0.15, -0.1) is 5.10 Å². The molecule has 6 heteroatoms. The van der Waals surface area contributed by atoms with Crippen LogP contribution in [0.3, 0.4) is 0 Å². The van der Waals surface area contributed by atoms with E-state index in [4.69, 9.17) is 0 Å². The van der Waals surface area contributed by atoms with E-state index in [0.717, 1.165) is 31.5 Å². The molecule has 5 nitrogen and oxygen atoms in total. The molecule has 21 heavy (non-hydrogen) atoms. The Morgan fingerprint density at radius 3 is 2.57 bits per heavy atom. The molecule has 1 aliphatic heterocycles. The molecule has 1 aromatic heterocycles. The Balaban J connectivity index is 1.52. The van der Waals surface area contributed by atoms with E-state index in [1.807, 2.05) is 10.9 Å². The summed E-state index contributed by atoms with van der Waals surface area (Å²) in [5.74, 6) is -0.278. The van der Waals surface area contributed by atoms with Crippen LogP contribution in [0, 0.1) is 5.82 Å². The average molecular weight is 290 g/mol. The maximum Gasteiger partial charge on any atom is 0.123 e. The van der Waals surface area contributed by atoms with Crippen LogP contribution in [0.25, 0.3) is 0 Å². The molecule has 1 fully saturated rings. The van der Waals surface area contributed by atoms with Crippen molar-refractivity contribution in [3.8, 4) is 0 Å². The largest absolute Gasteiger partial charge is 0.387 e. The van der Waals surface area contributed by atoms with Crippen molar-refractivity contribution in [2.75, 3.05) is 19.6 Å². The van der Waals surface area contributed by atoms with Gasteiger partial charge in [0.05, 0.1) is 18.3 Å². The summed E-state index contributed by atoms with van der Waals surface area (Å²) in [7, 11) is 0. The Kier molecular flexibility index (Phi) is 4.26. The SMILES string of the molecule is O[C@@H](CN1CCC(n2ccnn2)CC1)c1ccc(F)cc1. The number of likely N-dealkylation sites (tertiary alicyclic amines) is 1. The van der Waals surface area contributed by atoms with E-state index in [0.29, 0.717) is 12.6 Å². The van der Waals surface area contributed by atoms with Gasteiger partial charge in [-0.05, 0) is 30.5 Å². The van der Waals surface area contributed by atoms with Crippen LogP contribution in [0.2, 0.25) is 0 Å². The van der Waals surface area contributed by atoms with E-state index in [-0.39, 0.29) is 5.82 Å². The van der Waals surface area contributed by atoms with Crippen LogP contribution in [-0.2, 0) is 0 Å². The second kappa shape index (κ2) is 6.32. The number of hydrogen-bond acceptors (Lipinski definition) is 4. The standard InChI is InChI=1S/C15H19FN4O/c16-13-3-1-12(2-4-13)15(21)11-19-8-5-14(6-9-19)20-10-7-17-18-20/h1-4,7,10,14-15,21H,5-6,8-9,11H2/t15-/m0/s1. The lowest BCUT2D eigenvalue weighted by Gasteiger charge is -2.33. The highest BCUT2D eigenvalue weighted by Crippen LogP contribution is 2.23. The number of benzene rings is 1. The minimum atomic E-state index is -0.575. The number of nitrogens with zero attached hydrogens (tertiary/aromatic N) is 4. The van der Waals surface area contributed by atoms with Crippen molar-refractivity contribution in [3.05, 3.63) is 48.0 Å². The Bertz CT molecular complexity index is 550. The molecule has 0 saturated carbocycles. The van der Waals surface area contributed by atoms with Gasteiger partial charge < -0.3 is 10.0 Å². The van der Waals surface area contributed by atoms with Gasteiger partial charge >= 0.3 is 0 Å². The molecule has 0 radical (unpaired) electrons. The predicted octanol–water partition coefficient (Wildman–Crippen LogP) is 1.79. The Morgan fingerprint density at radius 1 is 1.24 bits per heavy atom. The molecule has 1 atom stereocenters. The summed E-state index contributed by atoms with van der Waals surface area (Å²) in [6.45, 7) is 2.42. The van der Waals surface area contributed by atoms with Gasteiger partial charge in [0.15, 0.2) is 0 Å². The van der Waals surface area contributed by atoms with Gasteiger partial charge in [0.1, 0.15) is 5.82 Å². The van der Waals surface area contributed by atoms with Crippen molar-refractivity contribution in [3.63, 3.8) is 0 Å². The van der Waals surface area contributed by atoms with Gasteiger partial charge in [0.2, 0.25) is 0 Å². The third-order valence-corrected chi connectivity index (χ3v) is 4.06. The van der Waals surface area contributed by atoms with Crippen molar-refractivity contribution >= 4 is 0 Å². The smallest absolute Gasteiger partial charge is 0.123 e. The van der Waals surface area contributed by atoms with E-state index < -0.39 is 6.10 Å². The molecule has 0 bridgehead atoms. The summed E-state index contributed by atoms with van der Waals surface area (Å²) in [5.41, 5.74) is 0.759. The number of piperidine rings is 1. The van der Waals surface area contributed by atoms with Crippen molar-refractivity contribution in [1.29, 1.82) is 0 Å². The summed E-state index contributed by atoms with van der Waals surface area (Å²) in [6.07, 6.45) is 5.02. The van der Waals surface area contributed by atoms with Crippen LogP contribution in [0.4, 0.5) is 4.39 Å². The Morgan fingerprint density at radius 2 is 1.95 bits per heavy atom. The van der Waals surface area contributed by atoms with Crippen LogP contribution in [0.15, 0.2) is 36.7 Å². The first-order valence-electron chi connectivity index (χ1n) is 7.24. The topological polar surface area (TPSA) is 54.2 Å².